The fourth-order valence-electron chi connectivity index (χ4n) is 2.36. The maximum absolute atomic E-state index is 10.1. The third kappa shape index (κ3) is 3.64. The lowest BCUT2D eigenvalue weighted by Crippen LogP contribution is -2.12. The van der Waals surface area contributed by atoms with Crippen LogP contribution in [0.2, 0.25) is 0 Å². The monoisotopic (exact) mass is 284 g/mol. The molecule has 0 aliphatic rings. The average Bonchev–Trinajstić information content (AvgIpc) is 2.46. The fraction of sp³-hybridized carbons (Fsp3) is 0.368. The molecule has 0 spiro atoms. The highest BCUT2D eigenvalue weighted by Gasteiger charge is 2.20. The standard InChI is InChI=1S/C19H24O2/c1-5-16(20)14-10-6-8-12-17(14)21-18-13-9-7-11-15(18)19(2,3)4/h6-13,16,20H,5H2,1-4H3/t16-/m0/s1. The molecule has 0 unspecified atom stereocenters. The van der Waals surface area contributed by atoms with Crippen molar-refractivity contribution in [3.8, 4) is 11.5 Å². The number of para-hydroxylation sites is 2. The van der Waals surface area contributed by atoms with Crippen molar-refractivity contribution in [1.29, 1.82) is 0 Å². The molecular weight excluding hydrogens is 260 g/mol. The third-order valence-electron chi connectivity index (χ3n) is 3.58. The van der Waals surface area contributed by atoms with Gasteiger partial charge in [-0.05, 0) is 24.0 Å². The minimum atomic E-state index is -0.497. The number of hydrogen-bond donors (Lipinski definition) is 1. The maximum atomic E-state index is 10.1. The molecule has 0 aliphatic carbocycles. The van der Waals surface area contributed by atoms with Gasteiger partial charge in [0, 0.05) is 11.1 Å². The molecule has 0 saturated carbocycles. The summed E-state index contributed by atoms with van der Waals surface area (Å²) < 4.78 is 6.13. The molecule has 0 amide bonds. The number of rotatable bonds is 4. The van der Waals surface area contributed by atoms with Gasteiger partial charge in [0.25, 0.3) is 0 Å². The van der Waals surface area contributed by atoms with E-state index in [1.165, 1.54) is 0 Å². The van der Waals surface area contributed by atoms with Crippen molar-refractivity contribution in [2.24, 2.45) is 0 Å². The summed E-state index contributed by atoms with van der Waals surface area (Å²) in [6.07, 6.45) is 0.171. The molecule has 2 nitrogen and oxygen atoms in total. The van der Waals surface area contributed by atoms with Crippen LogP contribution in [0.3, 0.4) is 0 Å². The summed E-state index contributed by atoms with van der Waals surface area (Å²) in [6, 6.07) is 15.8. The minimum Gasteiger partial charge on any atom is -0.457 e. The van der Waals surface area contributed by atoms with E-state index in [9.17, 15) is 5.11 Å². The molecule has 2 aromatic carbocycles. The molecule has 112 valence electrons. The normalized spacial score (nSPS) is 13.0. The SMILES string of the molecule is CC[C@H](O)c1ccccc1Oc1ccccc1C(C)(C)C. The predicted octanol–water partition coefficient (Wildman–Crippen LogP) is 5.22. The summed E-state index contributed by atoms with van der Waals surface area (Å²) in [5.74, 6) is 1.57. The van der Waals surface area contributed by atoms with Crippen molar-refractivity contribution >= 4 is 0 Å². The quantitative estimate of drug-likeness (QED) is 0.834. The maximum Gasteiger partial charge on any atom is 0.133 e. The summed E-state index contributed by atoms with van der Waals surface area (Å²) in [5.41, 5.74) is 2.00. The molecule has 0 heterocycles. The van der Waals surface area contributed by atoms with E-state index in [0.717, 1.165) is 22.6 Å². The van der Waals surface area contributed by atoms with Gasteiger partial charge in [-0.15, -0.1) is 0 Å². The summed E-state index contributed by atoms with van der Waals surface area (Å²) in [5, 5.41) is 10.1. The summed E-state index contributed by atoms with van der Waals surface area (Å²) >= 11 is 0. The molecule has 0 saturated heterocycles. The van der Waals surface area contributed by atoms with E-state index in [2.05, 4.69) is 26.8 Å². The van der Waals surface area contributed by atoms with Gasteiger partial charge in [-0.3, -0.25) is 0 Å². The Labute approximate surface area is 127 Å². The van der Waals surface area contributed by atoms with E-state index in [-0.39, 0.29) is 5.41 Å². The Hall–Kier alpha value is -1.80. The van der Waals surface area contributed by atoms with Crippen LogP contribution in [0, 0.1) is 0 Å². The van der Waals surface area contributed by atoms with Gasteiger partial charge in [0.1, 0.15) is 11.5 Å². The van der Waals surface area contributed by atoms with Crippen LogP contribution in [0.15, 0.2) is 48.5 Å². The molecule has 0 fully saturated rings. The van der Waals surface area contributed by atoms with Gasteiger partial charge in [0.15, 0.2) is 0 Å². The van der Waals surface area contributed by atoms with Crippen LogP contribution in [0.4, 0.5) is 0 Å². The van der Waals surface area contributed by atoms with Crippen LogP contribution in [-0.2, 0) is 5.41 Å². The minimum absolute atomic E-state index is 0.00884. The Kier molecular flexibility index (Phi) is 4.69. The first-order valence-corrected chi connectivity index (χ1v) is 7.48. The van der Waals surface area contributed by atoms with Crippen LogP contribution < -0.4 is 4.74 Å². The zero-order valence-corrected chi connectivity index (χ0v) is 13.3. The first kappa shape index (κ1) is 15.6. The van der Waals surface area contributed by atoms with E-state index >= 15 is 0 Å². The second-order valence-corrected chi connectivity index (χ2v) is 6.31. The summed E-state index contributed by atoms with van der Waals surface area (Å²) in [4.78, 5) is 0. The molecule has 2 aromatic rings. The number of aliphatic hydroxyl groups excluding tert-OH is 1. The van der Waals surface area contributed by atoms with Crippen LogP contribution in [0.5, 0.6) is 11.5 Å². The van der Waals surface area contributed by atoms with Crippen molar-refractivity contribution in [1.82, 2.24) is 0 Å². The fourth-order valence-corrected chi connectivity index (χ4v) is 2.36. The second-order valence-electron chi connectivity index (χ2n) is 6.31. The molecular formula is C19H24O2. The van der Waals surface area contributed by atoms with Crippen molar-refractivity contribution in [2.45, 2.75) is 45.6 Å². The van der Waals surface area contributed by atoms with Gasteiger partial charge >= 0.3 is 0 Å². The highest BCUT2D eigenvalue weighted by molar-refractivity contribution is 5.44. The second kappa shape index (κ2) is 6.31. The van der Waals surface area contributed by atoms with E-state index in [4.69, 9.17) is 4.74 Å². The molecule has 0 bridgehead atoms. The van der Waals surface area contributed by atoms with E-state index in [0.29, 0.717) is 6.42 Å². The van der Waals surface area contributed by atoms with Crippen molar-refractivity contribution in [3.05, 3.63) is 59.7 Å². The Morgan fingerprint density at radius 1 is 0.952 bits per heavy atom. The predicted molar refractivity (Wildman–Crippen MR) is 86.9 cm³/mol. The molecule has 2 rings (SSSR count). The van der Waals surface area contributed by atoms with Crippen LogP contribution in [-0.4, -0.2) is 5.11 Å². The lowest BCUT2D eigenvalue weighted by atomic mass is 9.86. The molecule has 1 atom stereocenters. The van der Waals surface area contributed by atoms with Gasteiger partial charge < -0.3 is 9.84 Å². The topological polar surface area (TPSA) is 29.5 Å². The van der Waals surface area contributed by atoms with E-state index < -0.39 is 6.10 Å². The van der Waals surface area contributed by atoms with E-state index in [1.807, 2.05) is 49.4 Å². The van der Waals surface area contributed by atoms with Crippen molar-refractivity contribution in [3.63, 3.8) is 0 Å². The van der Waals surface area contributed by atoms with Crippen LogP contribution in [0.25, 0.3) is 0 Å². The highest BCUT2D eigenvalue weighted by atomic mass is 16.5. The highest BCUT2D eigenvalue weighted by Crippen LogP contribution is 2.36. The molecule has 0 aromatic heterocycles. The van der Waals surface area contributed by atoms with Crippen LogP contribution >= 0.6 is 0 Å². The summed E-state index contributed by atoms with van der Waals surface area (Å²) in [7, 11) is 0. The van der Waals surface area contributed by atoms with Gasteiger partial charge in [-0.25, -0.2) is 0 Å². The molecule has 0 radical (unpaired) electrons. The molecule has 21 heavy (non-hydrogen) atoms. The number of hydrogen-bond acceptors (Lipinski definition) is 2. The Morgan fingerprint density at radius 2 is 1.52 bits per heavy atom. The molecule has 2 heteroatoms. The van der Waals surface area contributed by atoms with Gasteiger partial charge in [0.2, 0.25) is 0 Å². The van der Waals surface area contributed by atoms with Gasteiger partial charge in [-0.1, -0.05) is 64.1 Å². The first-order valence-electron chi connectivity index (χ1n) is 7.48. The first-order chi connectivity index (χ1) is 9.93. The zero-order chi connectivity index (χ0) is 15.5. The Bertz CT molecular complexity index is 597. The number of aliphatic hydroxyl groups is 1. The van der Waals surface area contributed by atoms with Crippen molar-refractivity contribution in [2.75, 3.05) is 0 Å². The molecule has 0 aliphatic heterocycles. The largest absolute Gasteiger partial charge is 0.457 e. The zero-order valence-electron chi connectivity index (χ0n) is 13.3. The Balaban J connectivity index is 2.40. The van der Waals surface area contributed by atoms with Gasteiger partial charge in [-0.2, -0.15) is 0 Å². The number of benzene rings is 2. The Morgan fingerprint density at radius 3 is 2.14 bits per heavy atom. The lowest BCUT2D eigenvalue weighted by molar-refractivity contribution is 0.170. The summed E-state index contributed by atoms with van der Waals surface area (Å²) in [6.45, 7) is 8.47. The third-order valence-corrected chi connectivity index (χ3v) is 3.58. The molecule has 1 N–H and O–H groups in total. The number of ether oxygens (including phenoxy) is 1. The lowest BCUT2D eigenvalue weighted by Gasteiger charge is -2.23. The van der Waals surface area contributed by atoms with Crippen LogP contribution in [0.1, 0.15) is 51.3 Å². The van der Waals surface area contributed by atoms with Crippen molar-refractivity contribution < 1.29 is 9.84 Å². The van der Waals surface area contributed by atoms with E-state index in [1.54, 1.807) is 0 Å². The average molecular weight is 284 g/mol. The van der Waals surface area contributed by atoms with Gasteiger partial charge in [0.05, 0.1) is 6.10 Å². The smallest absolute Gasteiger partial charge is 0.133 e.